The van der Waals surface area contributed by atoms with Crippen LogP contribution in [0.15, 0.2) is 37.0 Å². The molecular formula is C17H27N. The Bertz CT molecular complexity index is 373. The van der Waals surface area contributed by atoms with E-state index in [1.54, 1.807) is 0 Å². The summed E-state index contributed by atoms with van der Waals surface area (Å²) >= 11 is 0. The summed E-state index contributed by atoms with van der Waals surface area (Å²) in [4.78, 5) is 0. The van der Waals surface area contributed by atoms with Crippen molar-refractivity contribution >= 4 is 0 Å². The molecule has 0 spiro atoms. The fraction of sp³-hybridized carbons (Fsp3) is 0.529. The molecular weight excluding hydrogens is 218 g/mol. The second-order valence-corrected chi connectivity index (χ2v) is 6.06. The van der Waals surface area contributed by atoms with E-state index >= 15 is 0 Å². The largest absolute Gasteiger partial charge is 0.388 e. The quantitative estimate of drug-likeness (QED) is 0.786. The minimum atomic E-state index is 0.231. The van der Waals surface area contributed by atoms with Crippen molar-refractivity contribution < 1.29 is 0 Å². The Hall–Kier alpha value is -1.24. The van der Waals surface area contributed by atoms with Crippen molar-refractivity contribution in [2.45, 2.75) is 53.0 Å². The predicted octanol–water partition coefficient (Wildman–Crippen LogP) is 4.33. The number of hydrogen-bond donors (Lipinski definition) is 1. The van der Waals surface area contributed by atoms with Crippen LogP contribution in [0.1, 0.15) is 45.2 Å². The predicted molar refractivity (Wildman–Crippen MR) is 80.7 cm³/mol. The Labute approximate surface area is 112 Å². The second-order valence-electron chi connectivity index (χ2n) is 6.06. The van der Waals surface area contributed by atoms with Gasteiger partial charge in [-0.25, -0.2) is 0 Å². The monoisotopic (exact) mass is 245 g/mol. The number of aryl methyl sites for hydroxylation is 1. The second kappa shape index (κ2) is 6.63. The molecule has 0 bridgehead atoms. The van der Waals surface area contributed by atoms with Crippen LogP contribution in [-0.2, 0) is 12.8 Å². The van der Waals surface area contributed by atoms with Gasteiger partial charge < -0.3 is 5.32 Å². The van der Waals surface area contributed by atoms with Gasteiger partial charge in [0.25, 0.3) is 0 Å². The normalized spacial score (nSPS) is 13.1. The highest BCUT2D eigenvalue weighted by atomic mass is 14.9. The van der Waals surface area contributed by atoms with Crippen LogP contribution in [0.5, 0.6) is 0 Å². The standard InChI is InChI=1S/C17H27N/c1-6-9-14-10-8-11-15(12-14)13-16(18-7-2)17(3,4)5/h7-8,10-12,16,18H,2,6,9,13H2,1,3-5H3. The number of benzene rings is 1. The SMILES string of the molecule is C=CNC(Cc1cccc(CCC)c1)C(C)(C)C. The van der Waals surface area contributed by atoms with E-state index in [0.29, 0.717) is 6.04 Å². The molecule has 1 aromatic carbocycles. The third-order valence-corrected chi connectivity index (χ3v) is 3.33. The topological polar surface area (TPSA) is 12.0 Å². The summed E-state index contributed by atoms with van der Waals surface area (Å²) in [7, 11) is 0. The molecule has 0 aliphatic heterocycles. The van der Waals surface area contributed by atoms with E-state index in [2.05, 4.69) is 63.9 Å². The summed E-state index contributed by atoms with van der Waals surface area (Å²) in [6.07, 6.45) is 5.23. The van der Waals surface area contributed by atoms with Gasteiger partial charge in [-0.3, -0.25) is 0 Å². The van der Waals surface area contributed by atoms with E-state index in [4.69, 9.17) is 0 Å². The first-order valence-electron chi connectivity index (χ1n) is 6.92. The number of nitrogens with one attached hydrogen (secondary N) is 1. The van der Waals surface area contributed by atoms with E-state index in [9.17, 15) is 0 Å². The molecule has 100 valence electrons. The third-order valence-electron chi connectivity index (χ3n) is 3.33. The highest BCUT2D eigenvalue weighted by Gasteiger charge is 2.23. The zero-order chi connectivity index (χ0) is 13.6. The van der Waals surface area contributed by atoms with Crippen molar-refractivity contribution in [3.8, 4) is 0 Å². The Morgan fingerprint density at radius 3 is 2.50 bits per heavy atom. The smallest absolute Gasteiger partial charge is 0.0344 e. The highest BCUT2D eigenvalue weighted by molar-refractivity contribution is 5.24. The van der Waals surface area contributed by atoms with Crippen molar-refractivity contribution in [3.63, 3.8) is 0 Å². The van der Waals surface area contributed by atoms with Gasteiger partial charge in [-0.05, 0) is 35.6 Å². The van der Waals surface area contributed by atoms with Gasteiger partial charge in [0.1, 0.15) is 0 Å². The zero-order valence-electron chi connectivity index (χ0n) is 12.3. The Kier molecular flexibility index (Phi) is 5.46. The third kappa shape index (κ3) is 4.56. The summed E-state index contributed by atoms with van der Waals surface area (Å²) in [5, 5.41) is 3.39. The van der Waals surface area contributed by atoms with Crippen LogP contribution in [0.2, 0.25) is 0 Å². The first-order chi connectivity index (χ1) is 8.47. The molecule has 0 aromatic heterocycles. The lowest BCUT2D eigenvalue weighted by atomic mass is 9.83. The summed E-state index contributed by atoms with van der Waals surface area (Å²) in [5.41, 5.74) is 3.09. The maximum absolute atomic E-state index is 3.79. The number of rotatable bonds is 6. The Morgan fingerprint density at radius 1 is 1.28 bits per heavy atom. The van der Waals surface area contributed by atoms with Gasteiger partial charge in [0.15, 0.2) is 0 Å². The highest BCUT2D eigenvalue weighted by Crippen LogP contribution is 2.23. The fourth-order valence-corrected chi connectivity index (χ4v) is 2.19. The summed E-state index contributed by atoms with van der Waals surface area (Å²) in [5.74, 6) is 0. The van der Waals surface area contributed by atoms with Crippen molar-refractivity contribution in [2.75, 3.05) is 0 Å². The van der Waals surface area contributed by atoms with E-state index in [1.807, 2.05) is 6.20 Å². The molecule has 1 N–H and O–H groups in total. The fourth-order valence-electron chi connectivity index (χ4n) is 2.19. The molecule has 0 heterocycles. The van der Waals surface area contributed by atoms with E-state index in [-0.39, 0.29) is 5.41 Å². The van der Waals surface area contributed by atoms with Gasteiger partial charge in [0.2, 0.25) is 0 Å². The lowest BCUT2D eigenvalue weighted by Crippen LogP contribution is -2.39. The maximum atomic E-state index is 3.79. The van der Waals surface area contributed by atoms with E-state index in [1.165, 1.54) is 24.0 Å². The van der Waals surface area contributed by atoms with Crippen LogP contribution in [0.3, 0.4) is 0 Å². The molecule has 0 radical (unpaired) electrons. The van der Waals surface area contributed by atoms with Crippen molar-refractivity contribution in [2.24, 2.45) is 5.41 Å². The maximum Gasteiger partial charge on any atom is 0.0344 e. The Morgan fingerprint density at radius 2 is 1.94 bits per heavy atom. The van der Waals surface area contributed by atoms with Gasteiger partial charge >= 0.3 is 0 Å². The molecule has 1 rings (SSSR count). The molecule has 1 atom stereocenters. The summed E-state index contributed by atoms with van der Waals surface area (Å²) in [6.45, 7) is 12.8. The van der Waals surface area contributed by atoms with Crippen LogP contribution in [0, 0.1) is 5.41 Å². The van der Waals surface area contributed by atoms with E-state index < -0.39 is 0 Å². The van der Waals surface area contributed by atoms with Gasteiger partial charge in [-0.15, -0.1) is 0 Å². The van der Waals surface area contributed by atoms with Gasteiger partial charge in [0.05, 0.1) is 0 Å². The molecule has 0 saturated carbocycles. The minimum Gasteiger partial charge on any atom is -0.388 e. The van der Waals surface area contributed by atoms with Crippen LogP contribution in [0.25, 0.3) is 0 Å². The lowest BCUT2D eigenvalue weighted by molar-refractivity contribution is 0.287. The molecule has 0 amide bonds. The molecule has 1 nitrogen and oxygen atoms in total. The Balaban J connectivity index is 2.80. The molecule has 1 unspecified atom stereocenters. The zero-order valence-corrected chi connectivity index (χ0v) is 12.3. The van der Waals surface area contributed by atoms with Crippen molar-refractivity contribution in [3.05, 3.63) is 48.2 Å². The van der Waals surface area contributed by atoms with E-state index in [0.717, 1.165) is 6.42 Å². The number of hydrogen-bond acceptors (Lipinski definition) is 1. The van der Waals surface area contributed by atoms with Gasteiger partial charge in [0, 0.05) is 6.04 Å². The molecule has 0 aliphatic carbocycles. The summed E-state index contributed by atoms with van der Waals surface area (Å²) < 4.78 is 0. The van der Waals surface area contributed by atoms with Crippen LogP contribution < -0.4 is 5.32 Å². The minimum absolute atomic E-state index is 0.231. The molecule has 1 aromatic rings. The van der Waals surface area contributed by atoms with Crippen LogP contribution in [-0.4, -0.2) is 6.04 Å². The lowest BCUT2D eigenvalue weighted by Gasteiger charge is -2.31. The van der Waals surface area contributed by atoms with Crippen LogP contribution >= 0.6 is 0 Å². The average molecular weight is 245 g/mol. The average Bonchev–Trinajstić information content (AvgIpc) is 2.28. The first-order valence-corrected chi connectivity index (χ1v) is 6.92. The van der Waals surface area contributed by atoms with Gasteiger partial charge in [-0.2, -0.15) is 0 Å². The summed E-state index contributed by atoms with van der Waals surface area (Å²) in [6, 6.07) is 9.38. The molecule has 0 aliphatic rings. The molecule has 18 heavy (non-hydrogen) atoms. The van der Waals surface area contributed by atoms with Crippen molar-refractivity contribution in [1.29, 1.82) is 0 Å². The first kappa shape index (κ1) is 14.8. The van der Waals surface area contributed by atoms with Gasteiger partial charge in [-0.1, -0.05) is 65.0 Å². The molecule has 0 fully saturated rings. The van der Waals surface area contributed by atoms with Crippen LogP contribution in [0.4, 0.5) is 0 Å². The molecule has 0 saturated heterocycles. The molecule has 1 heteroatoms. The van der Waals surface area contributed by atoms with Crippen molar-refractivity contribution in [1.82, 2.24) is 5.32 Å².